The van der Waals surface area contributed by atoms with Gasteiger partial charge in [-0.15, -0.1) is 0 Å². The molecule has 2 aromatic heterocycles. The number of fused-ring (bicyclic) bond motifs is 12. The molecule has 0 amide bonds. The zero-order chi connectivity index (χ0) is 51.7. The van der Waals surface area contributed by atoms with Crippen LogP contribution in [0, 0.1) is 0 Å². The first kappa shape index (κ1) is 47.3. The maximum absolute atomic E-state index is 6.85. The number of para-hydroxylation sites is 3. The highest BCUT2D eigenvalue weighted by Gasteiger charge is 2.45. The van der Waals surface area contributed by atoms with Crippen LogP contribution in [0.3, 0.4) is 0 Å². The van der Waals surface area contributed by atoms with Crippen molar-refractivity contribution in [2.45, 2.75) is 105 Å². The van der Waals surface area contributed by atoms with Crippen molar-refractivity contribution in [2.75, 3.05) is 9.71 Å². The second kappa shape index (κ2) is 19.4. The molecule has 14 rings (SSSR count). The summed E-state index contributed by atoms with van der Waals surface area (Å²) in [5, 5.41) is 4.86. The van der Waals surface area contributed by atoms with Crippen LogP contribution in [0.4, 0.5) is 28.4 Å². The second-order valence-electron chi connectivity index (χ2n) is 21.8. The van der Waals surface area contributed by atoms with E-state index in [9.17, 15) is 0 Å². The lowest BCUT2D eigenvalue weighted by atomic mass is 9.43. The van der Waals surface area contributed by atoms with Gasteiger partial charge in [-0.1, -0.05) is 120 Å². The van der Waals surface area contributed by atoms with Gasteiger partial charge in [-0.25, -0.2) is 0 Å². The minimum Gasteiger partial charge on any atom is -0.456 e. The number of unbranched alkanes of at least 4 members (excludes halogenated alkanes) is 4. The number of aromatic nitrogens is 1. The molecule has 3 aliphatic rings. The molecule has 0 N–H and O–H groups in total. The van der Waals surface area contributed by atoms with Crippen molar-refractivity contribution in [3.05, 3.63) is 192 Å². The molecule has 77 heavy (non-hydrogen) atoms. The number of rotatable bonds is 16. The van der Waals surface area contributed by atoms with Gasteiger partial charge in [0, 0.05) is 73.4 Å². The van der Waals surface area contributed by atoms with E-state index in [1.807, 2.05) is 24.3 Å². The van der Waals surface area contributed by atoms with E-state index in [-0.39, 0.29) is 6.85 Å². The third kappa shape index (κ3) is 7.99. The standard InChI is InChI=1S/C70H64BN3O3/c1-5-9-17-45-25-30-49(31-26-45)72(50-32-27-46(28-33-50)18-10-6-2)52-40-57-56-43-67-68(77-65-24-16-15-23-64(65)76-67)44-61(56)74(51-34-35-54-53-21-13-14-22-63(53)75-66(54)42-51)71-59-39-48(20-12-8-4)38-58-55-37-47(19-11-7-3)29-36-60(55)73(70(58)59)62(41-52)69(57)71/h13-16,21-44H,5-12,17-20H2,1-4H3. The first-order chi connectivity index (χ1) is 38.0. The molecule has 3 aliphatic heterocycles. The minimum absolute atomic E-state index is 0.220. The Balaban J connectivity index is 1.09. The second-order valence-corrected chi connectivity index (χ2v) is 21.8. The van der Waals surface area contributed by atoms with Crippen LogP contribution >= 0.6 is 0 Å². The summed E-state index contributed by atoms with van der Waals surface area (Å²) in [7, 11) is 0. The van der Waals surface area contributed by atoms with Crippen molar-refractivity contribution >= 4 is 90.0 Å². The molecule has 9 aromatic carbocycles. The molecule has 0 fully saturated rings. The van der Waals surface area contributed by atoms with Gasteiger partial charge in [-0.3, -0.25) is 0 Å². The fourth-order valence-corrected chi connectivity index (χ4v) is 12.8. The van der Waals surface area contributed by atoms with Crippen molar-refractivity contribution in [3.8, 4) is 39.8 Å². The lowest BCUT2D eigenvalue weighted by Gasteiger charge is -2.43. The first-order valence-corrected chi connectivity index (χ1v) is 28.6. The van der Waals surface area contributed by atoms with Gasteiger partial charge >= 0.3 is 6.85 Å². The van der Waals surface area contributed by atoms with E-state index in [0.717, 1.165) is 107 Å². The van der Waals surface area contributed by atoms with Crippen LogP contribution in [0.15, 0.2) is 174 Å². The smallest absolute Gasteiger partial charge is 0.333 e. The van der Waals surface area contributed by atoms with Gasteiger partial charge in [0.05, 0.1) is 11.0 Å². The SMILES string of the molecule is CCCCc1ccc(N(c2ccc(CCCC)cc2)c2cc3c4c(c2)-n2c5ccc(CCCC)cc5c5cc(CCCC)cc(c52)B4N(c2ccc4c(c2)oc2ccccc24)c2cc4c(cc2-3)Oc2ccccc2O4)cc1. The Labute approximate surface area is 452 Å². The number of ether oxygens (including phenoxy) is 2. The number of anilines is 5. The lowest BCUT2D eigenvalue weighted by Crippen LogP contribution is -2.60. The molecule has 0 atom stereocenters. The number of nitrogens with zero attached hydrogens (tertiary/aromatic N) is 3. The van der Waals surface area contributed by atoms with Crippen LogP contribution in [0.25, 0.3) is 60.6 Å². The predicted molar refractivity (Wildman–Crippen MR) is 323 cm³/mol. The zero-order valence-corrected chi connectivity index (χ0v) is 44.8. The van der Waals surface area contributed by atoms with E-state index >= 15 is 0 Å². The van der Waals surface area contributed by atoms with Gasteiger partial charge in [0.15, 0.2) is 23.0 Å². The Morgan fingerprint density at radius 1 is 0.429 bits per heavy atom. The Kier molecular flexibility index (Phi) is 11.9. The molecule has 0 saturated carbocycles. The molecular formula is C70H64BN3O3. The molecule has 0 radical (unpaired) electrons. The van der Waals surface area contributed by atoms with Crippen LogP contribution in [-0.2, 0) is 25.7 Å². The maximum Gasteiger partial charge on any atom is 0.333 e. The van der Waals surface area contributed by atoms with Crippen LogP contribution in [0.1, 0.15) is 101 Å². The van der Waals surface area contributed by atoms with Gasteiger partial charge < -0.3 is 28.2 Å². The van der Waals surface area contributed by atoms with E-state index in [1.54, 1.807) is 0 Å². The first-order valence-electron chi connectivity index (χ1n) is 28.6. The minimum atomic E-state index is -0.220. The molecule has 7 heteroatoms. The van der Waals surface area contributed by atoms with E-state index in [0.29, 0.717) is 23.0 Å². The summed E-state index contributed by atoms with van der Waals surface area (Å²) in [5.74, 6) is 2.80. The molecule has 0 bridgehead atoms. The van der Waals surface area contributed by atoms with Gasteiger partial charge in [0.1, 0.15) is 11.2 Å². The zero-order valence-electron chi connectivity index (χ0n) is 44.8. The average Bonchev–Trinajstić information content (AvgIpc) is 4.14. The quantitative estimate of drug-likeness (QED) is 0.0903. The molecule has 11 aromatic rings. The van der Waals surface area contributed by atoms with Crippen molar-refractivity contribution in [1.82, 2.24) is 4.57 Å². The van der Waals surface area contributed by atoms with Crippen molar-refractivity contribution in [2.24, 2.45) is 0 Å². The Hall–Kier alpha value is -8.16. The van der Waals surface area contributed by atoms with Gasteiger partial charge in [-0.2, -0.15) is 0 Å². The van der Waals surface area contributed by atoms with Crippen LogP contribution in [0.5, 0.6) is 23.0 Å². The number of furan rings is 1. The monoisotopic (exact) mass is 1010 g/mol. The number of aryl methyl sites for hydroxylation is 4. The molecule has 380 valence electrons. The molecule has 5 heterocycles. The van der Waals surface area contributed by atoms with Gasteiger partial charge in [-0.05, 0) is 181 Å². The topological polar surface area (TPSA) is 43.0 Å². The Bertz CT molecular complexity index is 4020. The number of hydrogen-bond donors (Lipinski definition) is 0. The largest absolute Gasteiger partial charge is 0.456 e. The maximum atomic E-state index is 6.85. The highest BCUT2D eigenvalue weighted by Crippen LogP contribution is 2.54. The Morgan fingerprint density at radius 3 is 1.71 bits per heavy atom. The normalized spacial score (nSPS) is 12.9. The van der Waals surface area contributed by atoms with Crippen LogP contribution < -0.4 is 30.1 Å². The lowest BCUT2D eigenvalue weighted by molar-refractivity contribution is 0.360. The highest BCUT2D eigenvalue weighted by molar-refractivity contribution is 6.93. The van der Waals surface area contributed by atoms with Crippen LogP contribution in [-0.4, -0.2) is 11.4 Å². The van der Waals surface area contributed by atoms with Crippen molar-refractivity contribution in [3.63, 3.8) is 0 Å². The summed E-state index contributed by atoms with van der Waals surface area (Å²) >= 11 is 0. The average molecular weight is 1010 g/mol. The molecule has 0 unspecified atom stereocenters. The van der Waals surface area contributed by atoms with Gasteiger partial charge in [0.2, 0.25) is 0 Å². The third-order valence-corrected chi connectivity index (χ3v) is 16.7. The molecule has 0 aliphatic carbocycles. The summed E-state index contributed by atoms with van der Waals surface area (Å²) in [4.78, 5) is 5.08. The molecule has 0 spiro atoms. The van der Waals surface area contributed by atoms with Crippen molar-refractivity contribution < 1.29 is 13.9 Å². The fourth-order valence-electron chi connectivity index (χ4n) is 12.8. The third-order valence-electron chi connectivity index (χ3n) is 16.7. The highest BCUT2D eigenvalue weighted by atomic mass is 16.6. The van der Waals surface area contributed by atoms with E-state index in [4.69, 9.17) is 13.9 Å². The van der Waals surface area contributed by atoms with E-state index in [2.05, 4.69) is 188 Å². The fraction of sp³-hybridized carbons (Fsp3) is 0.229. The number of hydrogen-bond acceptors (Lipinski definition) is 5. The van der Waals surface area contributed by atoms with E-state index < -0.39 is 0 Å². The summed E-state index contributed by atoms with van der Waals surface area (Å²) < 4.78 is 23.1. The molecule has 0 saturated heterocycles. The molecule has 6 nitrogen and oxygen atoms in total. The van der Waals surface area contributed by atoms with Crippen LogP contribution in [0.2, 0.25) is 0 Å². The summed E-state index contributed by atoms with van der Waals surface area (Å²) in [5.41, 5.74) is 21.2. The number of benzene rings is 9. The van der Waals surface area contributed by atoms with Crippen molar-refractivity contribution in [1.29, 1.82) is 0 Å². The summed E-state index contributed by atoms with van der Waals surface area (Å²) in [6.07, 6.45) is 13.5. The molecular weight excluding hydrogens is 942 g/mol. The summed E-state index contributed by atoms with van der Waals surface area (Å²) in [6.45, 7) is 8.92. The summed E-state index contributed by atoms with van der Waals surface area (Å²) in [6, 6.07) is 63.8. The Morgan fingerprint density at radius 2 is 1.03 bits per heavy atom. The predicted octanol–water partition coefficient (Wildman–Crippen LogP) is 18.7. The van der Waals surface area contributed by atoms with Gasteiger partial charge in [0.25, 0.3) is 0 Å². The van der Waals surface area contributed by atoms with E-state index in [1.165, 1.54) is 91.9 Å².